The molecule has 0 aromatic carbocycles. The predicted octanol–water partition coefficient (Wildman–Crippen LogP) is 2.83. The average Bonchev–Trinajstić information content (AvgIpc) is 2.19. The van der Waals surface area contributed by atoms with Gasteiger partial charge >= 0.3 is 0 Å². The summed E-state index contributed by atoms with van der Waals surface area (Å²) in [5.41, 5.74) is -0.0288. The first-order valence-electron chi connectivity index (χ1n) is 5.86. The van der Waals surface area contributed by atoms with Crippen LogP contribution in [-0.2, 0) is 4.74 Å². The van der Waals surface area contributed by atoms with Crippen LogP contribution in [0.2, 0.25) is 0 Å². The number of rotatable bonds is 7. The number of ether oxygens (including phenoxy) is 1. The largest absolute Gasteiger partial charge is 0.374 e. The van der Waals surface area contributed by atoms with Crippen LogP contribution in [0.15, 0.2) is 0 Å². The lowest BCUT2D eigenvalue weighted by Crippen LogP contribution is -2.52. The Morgan fingerprint density at radius 1 is 1.29 bits per heavy atom. The highest BCUT2D eigenvalue weighted by molar-refractivity contribution is 4.90. The molecule has 0 aliphatic heterocycles. The van der Waals surface area contributed by atoms with Gasteiger partial charge in [-0.1, -0.05) is 27.2 Å². The second-order valence-electron chi connectivity index (χ2n) is 4.25. The fraction of sp³-hybridized carbons (Fsp3) is 1.00. The van der Waals surface area contributed by atoms with Crippen molar-refractivity contribution in [2.24, 2.45) is 5.92 Å². The molecule has 0 rings (SSSR count). The van der Waals surface area contributed by atoms with E-state index in [4.69, 9.17) is 4.74 Å². The Kier molecular flexibility index (Phi) is 6.38. The maximum Gasteiger partial charge on any atom is 0.0806 e. The Bertz CT molecular complexity index is 149. The smallest absolute Gasteiger partial charge is 0.0806 e. The summed E-state index contributed by atoms with van der Waals surface area (Å²) in [7, 11) is 2.03. The zero-order chi connectivity index (χ0) is 11.2. The van der Waals surface area contributed by atoms with E-state index in [2.05, 4.69) is 39.9 Å². The molecule has 1 N–H and O–H groups in total. The van der Waals surface area contributed by atoms with E-state index in [-0.39, 0.29) is 5.60 Å². The van der Waals surface area contributed by atoms with Crippen LogP contribution in [0, 0.1) is 5.92 Å². The summed E-state index contributed by atoms with van der Waals surface area (Å²) in [6, 6.07) is 0.442. The van der Waals surface area contributed by atoms with E-state index in [0.29, 0.717) is 12.0 Å². The molecule has 0 aromatic rings. The molecular formula is C12H27NO. The third-order valence-corrected chi connectivity index (χ3v) is 3.36. The van der Waals surface area contributed by atoms with Crippen LogP contribution in [-0.4, -0.2) is 25.3 Å². The topological polar surface area (TPSA) is 21.3 Å². The van der Waals surface area contributed by atoms with Crippen LogP contribution in [0.1, 0.15) is 47.5 Å². The normalized spacial score (nSPS) is 20.1. The molecule has 2 heteroatoms. The standard InChI is InChI=1S/C12H27NO/c1-7-10(4)11(13-6)12(5,8-2)14-9-3/h10-11,13H,7-9H2,1-6H3. The molecule has 14 heavy (non-hydrogen) atoms. The van der Waals surface area contributed by atoms with Crippen LogP contribution in [0.5, 0.6) is 0 Å². The van der Waals surface area contributed by atoms with Crippen LogP contribution >= 0.6 is 0 Å². The molecule has 0 aliphatic rings. The van der Waals surface area contributed by atoms with Crippen molar-refractivity contribution in [3.63, 3.8) is 0 Å². The third-order valence-electron chi connectivity index (χ3n) is 3.36. The van der Waals surface area contributed by atoms with Crippen molar-refractivity contribution < 1.29 is 4.74 Å². The lowest BCUT2D eigenvalue weighted by Gasteiger charge is -2.40. The van der Waals surface area contributed by atoms with Gasteiger partial charge in [0.2, 0.25) is 0 Å². The third kappa shape index (κ3) is 3.25. The lowest BCUT2D eigenvalue weighted by molar-refractivity contribution is -0.0661. The summed E-state index contributed by atoms with van der Waals surface area (Å²) in [4.78, 5) is 0. The Morgan fingerprint density at radius 3 is 2.14 bits per heavy atom. The maximum atomic E-state index is 5.89. The van der Waals surface area contributed by atoms with E-state index in [9.17, 15) is 0 Å². The van der Waals surface area contributed by atoms with Gasteiger partial charge in [0.1, 0.15) is 0 Å². The average molecular weight is 201 g/mol. The Hall–Kier alpha value is -0.0800. The van der Waals surface area contributed by atoms with Gasteiger partial charge in [-0.25, -0.2) is 0 Å². The summed E-state index contributed by atoms with van der Waals surface area (Å²) in [5, 5.41) is 3.40. The minimum Gasteiger partial charge on any atom is -0.374 e. The van der Waals surface area contributed by atoms with Crippen LogP contribution < -0.4 is 5.32 Å². The first-order valence-corrected chi connectivity index (χ1v) is 5.86. The molecule has 0 aliphatic carbocycles. The van der Waals surface area contributed by atoms with Gasteiger partial charge < -0.3 is 10.1 Å². The molecule has 0 aromatic heterocycles. The second kappa shape index (κ2) is 6.41. The van der Waals surface area contributed by atoms with Crippen LogP contribution in [0.3, 0.4) is 0 Å². The highest BCUT2D eigenvalue weighted by atomic mass is 16.5. The number of hydrogen-bond acceptors (Lipinski definition) is 2. The molecule has 0 saturated heterocycles. The molecule has 0 heterocycles. The quantitative estimate of drug-likeness (QED) is 0.684. The van der Waals surface area contributed by atoms with Crippen molar-refractivity contribution in [3.8, 4) is 0 Å². The lowest BCUT2D eigenvalue weighted by atomic mass is 9.83. The van der Waals surface area contributed by atoms with Gasteiger partial charge in [0.25, 0.3) is 0 Å². The molecule has 0 bridgehead atoms. The minimum atomic E-state index is -0.0288. The van der Waals surface area contributed by atoms with Crippen molar-refractivity contribution in [1.29, 1.82) is 0 Å². The fourth-order valence-electron chi connectivity index (χ4n) is 2.17. The molecule has 3 atom stereocenters. The molecule has 0 spiro atoms. The summed E-state index contributed by atoms with van der Waals surface area (Å²) in [6.07, 6.45) is 2.24. The van der Waals surface area contributed by atoms with Crippen molar-refractivity contribution >= 4 is 0 Å². The zero-order valence-electron chi connectivity index (χ0n) is 10.7. The van der Waals surface area contributed by atoms with Gasteiger partial charge in [0.15, 0.2) is 0 Å². The maximum absolute atomic E-state index is 5.89. The van der Waals surface area contributed by atoms with Gasteiger partial charge in [0, 0.05) is 12.6 Å². The van der Waals surface area contributed by atoms with Crippen molar-refractivity contribution in [1.82, 2.24) is 5.32 Å². The van der Waals surface area contributed by atoms with Gasteiger partial charge in [-0.05, 0) is 33.2 Å². The number of hydrogen-bond donors (Lipinski definition) is 1. The van der Waals surface area contributed by atoms with E-state index in [1.165, 1.54) is 6.42 Å². The molecule has 0 amide bonds. The number of nitrogens with one attached hydrogen (secondary N) is 1. The second-order valence-corrected chi connectivity index (χ2v) is 4.25. The summed E-state index contributed by atoms with van der Waals surface area (Å²) < 4.78 is 5.89. The zero-order valence-corrected chi connectivity index (χ0v) is 10.7. The van der Waals surface area contributed by atoms with Crippen LogP contribution in [0.4, 0.5) is 0 Å². The summed E-state index contributed by atoms with van der Waals surface area (Å²) in [6.45, 7) is 11.8. The van der Waals surface area contributed by atoms with Crippen molar-refractivity contribution in [2.45, 2.75) is 59.1 Å². The Balaban J connectivity index is 4.57. The van der Waals surface area contributed by atoms with E-state index in [1.807, 2.05) is 7.05 Å². The SMILES string of the molecule is CCOC(C)(CC)C(NC)C(C)CC. The molecule has 3 unspecified atom stereocenters. The van der Waals surface area contributed by atoms with E-state index < -0.39 is 0 Å². The number of likely N-dealkylation sites (N-methyl/N-ethyl adjacent to an activating group) is 1. The monoisotopic (exact) mass is 201 g/mol. The van der Waals surface area contributed by atoms with E-state index >= 15 is 0 Å². The van der Waals surface area contributed by atoms with Gasteiger partial charge in [-0.3, -0.25) is 0 Å². The van der Waals surface area contributed by atoms with Crippen molar-refractivity contribution in [3.05, 3.63) is 0 Å². The molecule has 86 valence electrons. The highest BCUT2D eigenvalue weighted by Crippen LogP contribution is 2.26. The summed E-state index contributed by atoms with van der Waals surface area (Å²) in [5.74, 6) is 0.650. The first-order chi connectivity index (χ1) is 6.55. The highest BCUT2D eigenvalue weighted by Gasteiger charge is 2.34. The fourth-order valence-corrected chi connectivity index (χ4v) is 2.17. The minimum absolute atomic E-state index is 0.0288. The van der Waals surface area contributed by atoms with E-state index in [0.717, 1.165) is 13.0 Å². The molecule has 0 fully saturated rings. The van der Waals surface area contributed by atoms with Gasteiger partial charge in [-0.15, -0.1) is 0 Å². The Labute approximate surface area is 89.4 Å². The molecular weight excluding hydrogens is 174 g/mol. The van der Waals surface area contributed by atoms with E-state index in [1.54, 1.807) is 0 Å². The summed E-state index contributed by atoms with van der Waals surface area (Å²) >= 11 is 0. The molecule has 2 nitrogen and oxygen atoms in total. The first kappa shape index (κ1) is 13.9. The predicted molar refractivity (Wildman–Crippen MR) is 62.6 cm³/mol. The molecule has 0 saturated carbocycles. The van der Waals surface area contributed by atoms with Crippen LogP contribution in [0.25, 0.3) is 0 Å². The van der Waals surface area contributed by atoms with Gasteiger partial charge in [0.05, 0.1) is 5.60 Å². The Morgan fingerprint density at radius 2 is 1.86 bits per heavy atom. The molecule has 0 radical (unpaired) electrons. The van der Waals surface area contributed by atoms with Crippen molar-refractivity contribution in [2.75, 3.05) is 13.7 Å². The van der Waals surface area contributed by atoms with Gasteiger partial charge in [-0.2, -0.15) is 0 Å².